The molecule has 2 atom stereocenters. The van der Waals surface area contributed by atoms with Crippen LogP contribution in [0.3, 0.4) is 0 Å². The summed E-state index contributed by atoms with van der Waals surface area (Å²) in [7, 11) is -7.80. The first-order valence-corrected chi connectivity index (χ1v) is 16.4. The van der Waals surface area contributed by atoms with Crippen molar-refractivity contribution in [1.29, 1.82) is 0 Å². The van der Waals surface area contributed by atoms with Gasteiger partial charge in [0, 0.05) is 12.8 Å². The van der Waals surface area contributed by atoms with E-state index in [9.17, 15) is 16.8 Å². The summed E-state index contributed by atoms with van der Waals surface area (Å²) in [5.41, 5.74) is 7.03. The van der Waals surface area contributed by atoms with Gasteiger partial charge in [0.25, 0.3) is 0 Å². The fraction of sp³-hybridized carbons (Fsp3) is 0.182. The van der Waals surface area contributed by atoms with Gasteiger partial charge in [-0.3, -0.25) is 4.79 Å². The fourth-order valence-corrected chi connectivity index (χ4v) is 12.1. The van der Waals surface area contributed by atoms with Crippen molar-refractivity contribution in [2.45, 2.75) is 48.3 Å². The van der Waals surface area contributed by atoms with Gasteiger partial charge in [0.15, 0.2) is 5.78 Å². The average molecular weight is 563 g/mol. The van der Waals surface area contributed by atoms with Crippen molar-refractivity contribution < 1.29 is 21.6 Å². The van der Waals surface area contributed by atoms with E-state index in [1.165, 1.54) is 0 Å². The van der Waals surface area contributed by atoms with E-state index in [0.717, 1.165) is 38.8 Å². The van der Waals surface area contributed by atoms with E-state index in [2.05, 4.69) is 0 Å². The Balaban J connectivity index is 1.51. The molecular formula is C33H22O5S2. The highest BCUT2D eigenvalue weighted by Crippen LogP contribution is 2.63. The predicted molar refractivity (Wildman–Crippen MR) is 152 cm³/mol. The molecule has 0 aromatic heterocycles. The van der Waals surface area contributed by atoms with Crippen molar-refractivity contribution in [3.8, 4) is 0 Å². The first-order valence-electron chi connectivity index (χ1n) is 13.4. The normalized spacial score (nSPS) is 23.7. The summed E-state index contributed by atoms with van der Waals surface area (Å²) in [5, 5.41) is 1.48. The predicted octanol–water partition coefficient (Wildman–Crippen LogP) is 5.72. The number of carbonyl (C=O) groups is 1. The Morgan fingerprint density at radius 3 is 1.50 bits per heavy atom. The monoisotopic (exact) mass is 562 g/mol. The maximum absolute atomic E-state index is 15.0. The minimum atomic E-state index is -3.90. The van der Waals surface area contributed by atoms with E-state index < -0.39 is 31.5 Å². The summed E-state index contributed by atoms with van der Waals surface area (Å²) in [4.78, 5) is 15.9. The molecule has 2 aliphatic heterocycles. The Morgan fingerprint density at radius 2 is 1.05 bits per heavy atom. The lowest BCUT2D eigenvalue weighted by molar-refractivity contribution is -0.119. The van der Waals surface area contributed by atoms with Gasteiger partial charge in [-0.15, -0.1) is 0 Å². The third kappa shape index (κ3) is 2.37. The topological polar surface area (TPSA) is 85.3 Å². The van der Waals surface area contributed by atoms with Crippen LogP contribution < -0.4 is 0 Å². The van der Waals surface area contributed by atoms with Crippen LogP contribution in [0.25, 0.3) is 21.9 Å². The molecule has 0 amide bonds. The number of benzene rings is 4. The highest BCUT2D eigenvalue weighted by Gasteiger charge is 2.55. The Kier molecular flexibility index (Phi) is 3.96. The quantitative estimate of drug-likeness (QED) is 0.274. The molecule has 0 saturated carbocycles. The van der Waals surface area contributed by atoms with Gasteiger partial charge in [-0.25, -0.2) is 16.8 Å². The zero-order chi connectivity index (χ0) is 27.5. The number of aryl methyl sites for hydroxylation is 2. The molecule has 40 heavy (non-hydrogen) atoms. The number of hydrogen-bond acceptors (Lipinski definition) is 5. The number of sulfone groups is 2. The molecule has 3 aliphatic carbocycles. The number of hydrogen-bond donors (Lipinski definition) is 0. The van der Waals surface area contributed by atoms with Crippen LogP contribution >= 0.6 is 0 Å². The number of allylic oxidation sites excluding steroid dienone is 4. The van der Waals surface area contributed by atoms with Crippen molar-refractivity contribution in [2.24, 2.45) is 0 Å². The maximum Gasteiger partial charge on any atom is 0.203 e. The molecular weight excluding hydrogens is 540 g/mol. The van der Waals surface area contributed by atoms with Gasteiger partial charge in [-0.1, -0.05) is 48.5 Å². The Hall–Kier alpha value is -3.81. The molecule has 7 heteroatoms. The summed E-state index contributed by atoms with van der Waals surface area (Å²) >= 11 is 0. The zero-order valence-electron chi connectivity index (χ0n) is 21.7. The molecule has 0 bridgehead atoms. The number of ketones is 1. The highest BCUT2D eigenvalue weighted by molar-refractivity contribution is 7.96. The average Bonchev–Trinajstić information content (AvgIpc) is 3.51. The van der Waals surface area contributed by atoms with E-state index in [1.807, 2.05) is 62.4 Å². The minimum Gasteiger partial charge on any atom is -0.298 e. The van der Waals surface area contributed by atoms with E-state index in [4.69, 9.17) is 0 Å². The van der Waals surface area contributed by atoms with Crippen LogP contribution in [0.1, 0.15) is 56.3 Å². The molecule has 0 saturated heterocycles. The van der Waals surface area contributed by atoms with Crippen LogP contribution in [-0.2, 0) is 37.3 Å². The van der Waals surface area contributed by atoms with Crippen LogP contribution in [-0.4, -0.2) is 22.6 Å². The summed E-state index contributed by atoms with van der Waals surface area (Å²) in [6.45, 7) is 3.76. The van der Waals surface area contributed by atoms with Crippen LogP contribution in [0.4, 0.5) is 0 Å². The molecule has 2 heterocycles. The summed E-state index contributed by atoms with van der Waals surface area (Å²) in [5.74, 6) is -1.70. The Morgan fingerprint density at radius 1 is 0.625 bits per heavy atom. The molecule has 0 spiro atoms. The van der Waals surface area contributed by atoms with Crippen molar-refractivity contribution in [2.75, 3.05) is 0 Å². The van der Waals surface area contributed by atoms with Gasteiger partial charge in [0.2, 0.25) is 19.7 Å². The smallest absolute Gasteiger partial charge is 0.203 e. The molecule has 5 nitrogen and oxygen atoms in total. The number of fused-ring (bicyclic) bond motifs is 6. The second-order valence-electron chi connectivity index (χ2n) is 11.6. The van der Waals surface area contributed by atoms with Crippen molar-refractivity contribution >= 4 is 47.4 Å². The van der Waals surface area contributed by atoms with Crippen molar-refractivity contribution in [3.63, 3.8) is 0 Å². The number of carbonyl (C=O) groups excluding carboxylic acids is 1. The van der Waals surface area contributed by atoms with Gasteiger partial charge in [-0.05, 0) is 92.4 Å². The molecule has 196 valence electrons. The van der Waals surface area contributed by atoms with Gasteiger partial charge in [0.05, 0.1) is 31.4 Å². The lowest BCUT2D eigenvalue weighted by Crippen LogP contribution is -2.35. The second kappa shape index (κ2) is 6.90. The van der Waals surface area contributed by atoms with E-state index >= 15 is 4.79 Å². The SMILES string of the molecule is Cc1cc2c3c4c5c(cc(C)c14)S(=O)(=O)C1=C(c4ccccc4C1)C5C(=O)C3C1=C(Cc3ccccc31)S2(=O)=O. The van der Waals surface area contributed by atoms with Crippen LogP contribution in [0.15, 0.2) is 80.3 Å². The lowest BCUT2D eigenvalue weighted by atomic mass is 9.67. The Labute approximate surface area is 231 Å². The minimum absolute atomic E-state index is 0.137. The fourth-order valence-electron chi connectivity index (χ4n) is 8.19. The maximum atomic E-state index is 15.0. The number of Topliss-reactive ketones (excluding diaryl/α,β-unsaturated/α-hetero) is 1. The second-order valence-corrected chi connectivity index (χ2v) is 15.5. The summed E-state index contributed by atoms with van der Waals surface area (Å²) < 4.78 is 57.0. The molecule has 4 aromatic carbocycles. The van der Waals surface area contributed by atoms with Gasteiger partial charge >= 0.3 is 0 Å². The first-order chi connectivity index (χ1) is 19.1. The standard InChI is InChI=1S/C33H22O5S2/c1-15-11-21-28-30-25(15)16(2)12-22-29(30)32(27-20-10-6-4-8-18(20)14-24(27)40(22,37)38)33(34)31(28)26-19-9-5-3-7-17(19)13-23(26)39(21,35)36/h3-12,31-32H,13-14H2,1-2H3. The molecule has 9 rings (SSSR count). The molecule has 0 radical (unpaired) electrons. The Bertz CT molecular complexity index is 2130. The van der Waals surface area contributed by atoms with E-state index in [0.29, 0.717) is 37.5 Å². The van der Waals surface area contributed by atoms with Crippen LogP contribution in [0.2, 0.25) is 0 Å². The molecule has 2 unspecified atom stereocenters. The van der Waals surface area contributed by atoms with Gasteiger partial charge in [-0.2, -0.15) is 0 Å². The third-order valence-electron chi connectivity index (χ3n) is 9.67. The van der Waals surface area contributed by atoms with Crippen molar-refractivity contribution in [3.05, 3.63) is 115 Å². The van der Waals surface area contributed by atoms with Crippen LogP contribution in [0.5, 0.6) is 0 Å². The van der Waals surface area contributed by atoms with E-state index in [1.54, 1.807) is 12.1 Å². The molecule has 0 fully saturated rings. The zero-order valence-corrected chi connectivity index (χ0v) is 23.3. The van der Waals surface area contributed by atoms with Gasteiger partial charge in [0.1, 0.15) is 0 Å². The third-order valence-corrected chi connectivity index (χ3v) is 13.5. The van der Waals surface area contributed by atoms with Gasteiger partial charge < -0.3 is 0 Å². The highest BCUT2D eigenvalue weighted by atomic mass is 32.2. The number of rotatable bonds is 0. The molecule has 5 aliphatic rings. The summed E-state index contributed by atoms with van der Waals surface area (Å²) in [6, 6.07) is 18.6. The van der Waals surface area contributed by atoms with E-state index in [-0.39, 0.29) is 28.4 Å². The summed E-state index contributed by atoms with van der Waals surface area (Å²) in [6.07, 6.45) is 0.520. The molecule has 0 N–H and O–H groups in total. The van der Waals surface area contributed by atoms with Crippen molar-refractivity contribution in [1.82, 2.24) is 0 Å². The largest absolute Gasteiger partial charge is 0.298 e. The van der Waals surface area contributed by atoms with Crippen LogP contribution in [0, 0.1) is 13.8 Å². The molecule has 4 aromatic rings. The lowest BCUT2D eigenvalue weighted by Gasteiger charge is -2.40. The first kappa shape index (κ1) is 22.9.